The first-order valence-electron chi connectivity index (χ1n) is 9.98. The SMILES string of the molecule is COCCn1ccc2c(cnc3nc(SCc4ccc5c(c4)OCCCO5)nn32)c1=O. The average Bonchev–Trinajstić information content (AvgIpc) is 3.07. The zero-order valence-corrected chi connectivity index (χ0v) is 17.8. The summed E-state index contributed by atoms with van der Waals surface area (Å²) in [7, 11) is 1.61. The lowest BCUT2D eigenvalue weighted by Crippen LogP contribution is -2.22. The molecule has 0 N–H and O–H groups in total. The maximum atomic E-state index is 12.7. The summed E-state index contributed by atoms with van der Waals surface area (Å²) in [5.41, 5.74) is 1.64. The van der Waals surface area contributed by atoms with Crippen molar-refractivity contribution in [2.24, 2.45) is 0 Å². The van der Waals surface area contributed by atoms with E-state index in [4.69, 9.17) is 14.2 Å². The average molecular weight is 439 g/mol. The van der Waals surface area contributed by atoms with Crippen LogP contribution >= 0.6 is 11.8 Å². The quantitative estimate of drug-likeness (QED) is 0.423. The monoisotopic (exact) mass is 439 g/mol. The van der Waals surface area contributed by atoms with Gasteiger partial charge in [0.05, 0.1) is 30.7 Å². The van der Waals surface area contributed by atoms with Gasteiger partial charge in [-0.05, 0) is 23.8 Å². The standard InChI is InChI=1S/C21H21N5O4S/c1-28-10-7-25-6-5-16-15(19(25)27)12-22-20-23-21(24-26(16)20)31-13-14-3-4-17-18(11-14)30-9-2-8-29-17/h3-6,11-12H,2,7-10,13H2,1H3. The lowest BCUT2D eigenvalue weighted by molar-refractivity contribution is 0.186. The van der Waals surface area contributed by atoms with Crippen molar-refractivity contribution in [3.05, 3.63) is 52.6 Å². The van der Waals surface area contributed by atoms with E-state index in [1.165, 1.54) is 11.8 Å². The molecule has 160 valence electrons. The van der Waals surface area contributed by atoms with Crippen molar-refractivity contribution < 1.29 is 14.2 Å². The van der Waals surface area contributed by atoms with Gasteiger partial charge >= 0.3 is 0 Å². The predicted octanol–water partition coefficient (Wildman–Crippen LogP) is 2.54. The van der Waals surface area contributed by atoms with Crippen LogP contribution in [-0.2, 0) is 17.0 Å². The van der Waals surface area contributed by atoms with Crippen LogP contribution in [0.2, 0.25) is 0 Å². The topological polar surface area (TPSA) is 92.8 Å². The Balaban J connectivity index is 1.40. The highest BCUT2D eigenvalue weighted by Crippen LogP contribution is 2.32. The van der Waals surface area contributed by atoms with E-state index in [-0.39, 0.29) is 5.56 Å². The molecule has 4 aromatic rings. The molecule has 31 heavy (non-hydrogen) atoms. The van der Waals surface area contributed by atoms with Crippen LogP contribution in [0.5, 0.6) is 11.5 Å². The molecule has 1 aliphatic rings. The number of nitrogens with zero attached hydrogens (tertiary/aromatic N) is 5. The van der Waals surface area contributed by atoms with Crippen LogP contribution in [0.4, 0.5) is 0 Å². The first-order valence-corrected chi connectivity index (χ1v) is 11.0. The second kappa shape index (κ2) is 8.56. The van der Waals surface area contributed by atoms with Gasteiger partial charge in [0.1, 0.15) is 0 Å². The normalized spacial score (nSPS) is 13.6. The minimum Gasteiger partial charge on any atom is -0.490 e. The fourth-order valence-electron chi connectivity index (χ4n) is 3.41. The Kier molecular flexibility index (Phi) is 5.47. The molecule has 9 nitrogen and oxygen atoms in total. The van der Waals surface area contributed by atoms with Gasteiger partial charge in [-0.1, -0.05) is 17.8 Å². The van der Waals surface area contributed by atoms with Gasteiger partial charge in [-0.25, -0.2) is 4.98 Å². The Morgan fingerprint density at radius 1 is 1.19 bits per heavy atom. The van der Waals surface area contributed by atoms with Crippen molar-refractivity contribution in [1.82, 2.24) is 24.1 Å². The van der Waals surface area contributed by atoms with E-state index in [0.717, 1.165) is 23.5 Å². The minimum absolute atomic E-state index is 0.124. The molecule has 0 radical (unpaired) electrons. The maximum absolute atomic E-state index is 12.7. The van der Waals surface area contributed by atoms with E-state index in [2.05, 4.69) is 15.1 Å². The Labute approximate surface area is 182 Å². The molecule has 0 atom stereocenters. The number of hydrogen-bond acceptors (Lipinski definition) is 8. The largest absolute Gasteiger partial charge is 0.490 e. The van der Waals surface area contributed by atoms with Crippen LogP contribution in [0.25, 0.3) is 16.7 Å². The number of ether oxygens (including phenoxy) is 3. The molecular formula is C21H21N5O4S. The molecule has 0 saturated carbocycles. The summed E-state index contributed by atoms with van der Waals surface area (Å²) in [4.78, 5) is 21.5. The van der Waals surface area contributed by atoms with Crippen molar-refractivity contribution in [3.8, 4) is 11.5 Å². The summed E-state index contributed by atoms with van der Waals surface area (Å²) in [6.45, 7) is 2.27. The molecule has 0 saturated heterocycles. The number of hydrogen-bond donors (Lipinski definition) is 0. The van der Waals surface area contributed by atoms with Crippen LogP contribution < -0.4 is 15.0 Å². The van der Waals surface area contributed by atoms with E-state index in [9.17, 15) is 4.79 Å². The number of rotatable bonds is 6. The number of thioether (sulfide) groups is 1. The van der Waals surface area contributed by atoms with Gasteiger partial charge in [0.15, 0.2) is 11.5 Å². The van der Waals surface area contributed by atoms with E-state index in [0.29, 0.717) is 54.0 Å². The second-order valence-electron chi connectivity index (χ2n) is 7.09. The van der Waals surface area contributed by atoms with Gasteiger partial charge in [-0.3, -0.25) is 4.79 Å². The molecule has 0 fully saturated rings. The van der Waals surface area contributed by atoms with Crippen molar-refractivity contribution in [3.63, 3.8) is 0 Å². The molecule has 0 aliphatic carbocycles. The fourth-order valence-corrected chi connectivity index (χ4v) is 4.17. The lowest BCUT2D eigenvalue weighted by Gasteiger charge is -2.08. The molecule has 0 bridgehead atoms. The summed E-state index contributed by atoms with van der Waals surface area (Å²) in [5, 5.41) is 5.66. The summed E-state index contributed by atoms with van der Waals surface area (Å²) in [5.74, 6) is 2.69. The van der Waals surface area contributed by atoms with Crippen molar-refractivity contribution in [2.75, 3.05) is 26.9 Å². The molecule has 0 spiro atoms. The Morgan fingerprint density at radius 3 is 2.94 bits per heavy atom. The van der Waals surface area contributed by atoms with Crippen LogP contribution in [0.3, 0.4) is 0 Å². The van der Waals surface area contributed by atoms with E-state index < -0.39 is 0 Å². The summed E-state index contributed by atoms with van der Waals surface area (Å²) >= 11 is 1.50. The van der Waals surface area contributed by atoms with Crippen molar-refractivity contribution >= 4 is 28.4 Å². The molecule has 1 aromatic carbocycles. The van der Waals surface area contributed by atoms with Crippen LogP contribution in [0, 0.1) is 0 Å². The molecule has 5 rings (SSSR count). The van der Waals surface area contributed by atoms with Crippen molar-refractivity contribution in [2.45, 2.75) is 23.9 Å². The Hall–Kier alpha value is -3.11. The zero-order chi connectivity index (χ0) is 21.2. The zero-order valence-electron chi connectivity index (χ0n) is 17.0. The maximum Gasteiger partial charge on any atom is 0.261 e. The van der Waals surface area contributed by atoms with E-state index in [1.807, 2.05) is 24.3 Å². The number of aromatic nitrogens is 5. The predicted molar refractivity (Wildman–Crippen MR) is 116 cm³/mol. The smallest absolute Gasteiger partial charge is 0.261 e. The number of methoxy groups -OCH3 is 1. The number of pyridine rings is 1. The highest BCUT2D eigenvalue weighted by Gasteiger charge is 2.14. The molecular weight excluding hydrogens is 418 g/mol. The highest BCUT2D eigenvalue weighted by molar-refractivity contribution is 7.98. The molecule has 3 aromatic heterocycles. The molecule has 0 amide bonds. The van der Waals surface area contributed by atoms with Crippen LogP contribution in [0.1, 0.15) is 12.0 Å². The van der Waals surface area contributed by atoms with E-state index in [1.54, 1.807) is 28.6 Å². The summed E-state index contributed by atoms with van der Waals surface area (Å²) in [6, 6.07) is 7.82. The summed E-state index contributed by atoms with van der Waals surface area (Å²) < 4.78 is 19.7. The van der Waals surface area contributed by atoms with E-state index >= 15 is 0 Å². The second-order valence-corrected chi connectivity index (χ2v) is 8.03. The third-order valence-corrected chi connectivity index (χ3v) is 5.91. The lowest BCUT2D eigenvalue weighted by atomic mass is 10.2. The first kappa shape index (κ1) is 19.8. The van der Waals surface area contributed by atoms with Gasteiger partial charge in [0, 0.05) is 38.2 Å². The summed E-state index contributed by atoms with van der Waals surface area (Å²) in [6.07, 6.45) is 4.18. The van der Waals surface area contributed by atoms with Gasteiger partial charge in [-0.15, -0.1) is 5.10 Å². The highest BCUT2D eigenvalue weighted by atomic mass is 32.2. The van der Waals surface area contributed by atoms with Crippen LogP contribution in [-0.4, -0.2) is 51.1 Å². The van der Waals surface area contributed by atoms with Gasteiger partial charge in [0.25, 0.3) is 11.3 Å². The third-order valence-electron chi connectivity index (χ3n) is 5.00. The van der Waals surface area contributed by atoms with Gasteiger partial charge < -0.3 is 18.8 Å². The molecule has 4 heterocycles. The molecule has 10 heteroatoms. The minimum atomic E-state index is -0.124. The Bertz CT molecular complexity index is 1300. The molecule has 0 unspecified atom stereocenters. The van der Waals surface area contributed by atoms with Crippen molar-refractivity contribution in [1.29, 1.82) is 0 Å². The number of benzene rings is 1. The fraction of sp³-hybridized carbons (Fsp3) is 0.333. The number of fused-ring (bicyclic) bond motifs is 4. The van der Waals surface area contributed by atoms with Gasteiger partial charge in [-0.2, -0.15) is 9.50 Å². The van der Waals surface area contributed by atoms with Gasteiger partial charge in [0.2, 0.25) is 5.16 Å². The Morgan fingerprint density at radius 2 is 2.06 bits per heavy atom. The molecule has 1 aliphatic heterocycles. The third kappa shape index (κ3) is 3.96. The first-order chi connectivity index (χ1) is 15.2. The van der Waals surface area contributed by atoms with Crippen LogP contribution in [0.15, 0.2) is 46.6 Å².